The number of benzene rings is 1. The first-order chi connectivity index (χ1) is 9.95. The number of hydrogen-bond donors (Lipinski definition) is 0. The smallest absolute Gasteiger partial charge is 0.262 e. The number of ether oxygens (including phenoxy) is 1. The molecule has 0 spiro atoms. The summed E-state index contributed by atoms with van der Waals surface area (Å²) in [5.41, 5.74) is 0.0168. The molecule has 0 aromatic heterocycles. The van der Waals surface area contributed by atoms with Crippen LogP contribution in [0.25, 0.3) is 0 Å². The fourth-order valence-electron chi connectivity index (χ4n) is 3.05. The Hall–Kier alpha value is -2.17. The number of aliphatic imine (C=N–C) groups is 1. The Balaban J connectivity index is 1.76. The van der Waals surface area contributed by atoms with Crippen LogP contribution in [0.1, 0.15) is 47.4 Å². The summed E-state index contributed by atoms with van der Waals surface area (Å²) in [7, 11) is 0. The Morgan fingerprint density at radius 1 is 1.10 bits per heavy atom. The van der Waals surface area contributed by atoms with Crippen LogP contribution in [0.4, 0.5) is 0 Å². The average Bonchev–Trinajstić information content (AvgIpc) is 3.10. The zero-order chi connectivity index (χ0) is 14.8. The highest BCUT2D eigenvalue weighted by Gasteiger charge is 2.62. The summed E-state index contributed by atoms with van der Waals surface area (Å²) >= 11 is 0. The molecule has 1 aliphatic carbocycles. The Labute approximate surface area is 122 Å². The second-order valence-corrected chi connectivity index (χ2v) is 6.54. The van der Waals surface area contributed by atoms with E-state index in [2.05, 4.69) is 4.99 Å². The van der Waals surface area contributed by atoms with Gasteiger partial charge in [0.1, 0.15) is 12.1 Å². The molecule has 1 aromatic carbocycles. The summed E-state index contributed by atoms with van der Waals surface area (Å²) in [5.74, 6) is 0.0789. The van der Waals surface area contributed by atoms with E-state index >= 15 is 0 Å². The van der Waals surface area contributed by atoms with Gasteiger partial charge in [-0.05, 0) is 38.8 Å². The maximum atomic E-state index is 12.6. The van der Waals surface area contributed by atoms with E-state index in [-0.39, 0.29) is 17.4 Å². The number of amides is 2. The molecule has 0 saturated heterocycles. The van der Waals surface area contributed by atoms with E-state index in [1.165, 1.54) is 4.90 Å². The monoisotopic (exact) mass is 284 g/mol. The summed E-state index contributed by atoms with van der Waals surface area (Å²) in [4.78, 5) is 31.2. The van der Waals surface area contributed by atoms with Crippen LogP contribution in [-0.4, -0.2) is 40.3 Å². The molecule has 4 rings (SSSR count). The summed E-state index contributed by atoms with van der Waals surface area (Å²) in [6, 6.07) is 6.96. The summed E-state index contributed by atoms with van der Waals surface area (Å²) in [5, 5.41) is 0. The number of carbonyl (C=O) groups excluding carboxylic acids is 2. The largest absolute Gasteiger partial charge is 0.477 e. The summed E-state index contributed by atoms with van der Waals surface area (Å²) in [6.07, 6.45) is 1.46. The van der Waals surface area contributed by atoms with Crippen LogP contribution in [-0.2, 0) is 4.74 Å². The van der Waals surface area contributed by atoms with Crippen molar-refractivity contribution in [1.82, 2.24) is 4.90 Å². The van der Waals surface area contributed by atoms with Gasteiger partial charge in [0, 0.05) is 0 Å². The van der Waals surface area contributed by atoms with Gasteiger partial charge in [-0.3, -0.25) is 14.5 Å². The van der Waals surface area contributed by atoms with Crippen molar-refractivity contribution >= 4 is 17.7 Å². The standard InChI is InChI=1S/C16H16N2O3/c1-15(2)9-21-14(17-15)16(7-8-16)18-12(19)10-5-3-4-6-11(10)13(18)20/h3-6H,7-9H2,1-2H3. The van der Waals surface area contributed by atoms with Crippen LogP contribution in [0.2, 0.25) is 0 Å². The van der Waals surface area contributed by atoms with Crippen molar-refractivity contribution in [2.24, 2.45) is 4.99 Å². The third kappa shape index (κ3) is 1.60. The van der Waals surface area contributed by atoms with E-state index in [9.17, 15) is 9.59 Å². The predicted octanol–water partition coefficient (Wildman–Crippen LogP) is 2.02. The van der Waals surface area contributed by atoms with Gasteiger partial charge in [-0.1, -0.05) is 12.1 Å². The molecular weight excluding hydrogens is 268 g/mol. The van der Waals surface area contributed by atoms with Crippen molar-refractivity contribution in [3.8, 4) is 0 Å². The number of carbonyl (C=O) groups is 2. The molecule has 3 aliphatic rings. The molecule has 0 unspecified atom stereocenters. The van der Waals surface area contributed by atoms with E-state index in [1.54, 1.807) is 24.3 Å². The Kier molecular flexibility index (Phi) is 2.23. The van der Waals surface area contributed by atoms with E-state index in [0.29, 0.717) is 23.6 Å². The number of rotatable bonds is 2. The van der Waals surface area contributed by atoms with Crippen molar-refractivity contribution in [1.29, 1.82) is 0 Å². The third-order valence-electron chi connectivity index (χ3n) is 4.31. The molecule has 0 radical (unpaired) electrons. The molecule has 1 fully saturated rings. The van der Waals surface area contributed by atoms with Gasteiger partial charge >= 0.3 is 0 Å². The molecule has 0 atom stereocenters. The quantitative estimate of drug-likeness (QED) is 0.781. The number of hydrogen-bond acceptors (Lipinski definition) is 4. The van der Waals surface area contributed by atoms with E-state index < -0.39 is 5.54 Å². The number of nitrogens with zero attached hydrogens (tertiary/aromatic N) is 2. The molecule has 1 saturated carbocycles. The first-order valence-electron chi connectivity index (χ1n) is 7.16. The minimum Gasteiger partial charge on any atom is -0.477 e. The van der Waals surface area contributed by atoms with Crippen LogP contribution >= 0.6 is 0 Å². The summed E-state index contributed by atoms with van der Waals surface area (Å²) < 4.78 is 5.71. The maximum Gasteiger partial charge on any atom is 0.262 e. The predicted molar refractivity (Wildman–Crippen MR) is 76.4 cm³/mol. The van der Waals surface area contributed by atoms with Gasteiger partial charge in [0.15, 0.2) is 0 Å². The topological polar surface area (TPSA) is 59.0 Å². The first kappa shape index (κ1) is 12.6. The number of imide groups is 1. The number of fused-ring (bicyclic) bond motifs is 1. The van der Waals surface area contributed by atoms with Gasteiger partial charge in [0.05, 0.1) is 16.7 Å². The first-order valence-corrected chi connectivity index (χ1v) is 7.16. The molecular formula is C16H16N2O3. The van der Waals surface area contributed by atoms with Crippen molar-refractivity contribution < 1.29 is 14.3 Å². The zero-order valence-electron chi connectivity index (χ0n) is 12.0. The Morgan fingerprint density at radius 2 is 1.67 bits per heavy atom. The van der Waals surface area contributed by atoms with Gasteiger partial charge in [-0.2, -0.15) is 0 Å². The van der Waals surface area contributed by atoms with Crippen molar-refractivity contribution in [3.05, 3.63) is 35.4 Å². The molecule has 2 amide bonds. The fraction of sp³-hybridized carbons (Fsp3) is 0.438. The highest BCUT2D eigenvalue weighted by atomic mass is 16.5. The Bertz CT molecular complexity index is 666. The minimum atomic E-state index is -0.652. The van der Waals surface area contributed by atoms with Gasteiger partial charge in [-0.15, -0.1) is 0 Å². The molecule has 21 heavy (non-hydrogen) atoms. The molecule has 1 aromatic rings. The van der Waals surface area contributed by atoms with Crippen LogP contribution < -0.4 is 0 Å². The molecule has 108 valence electrons. The molecule has 0 N–H and O–H groups in total. The maximum absolute atomic E-state index is 12.6. The van der Waals surface area contributed by atoms with Crippen molar-refractivity contribution in [2.75, 3.05) is 6.61 Å². The molecule has 0 bridgehead atoms. The lowest BCUT2D eigenvalue weighted by Gasteiger charge is -2.25. The second-order valence-electron chi connectivity index (χ2n) is 6.54. The van der Waals surface area contributed by atoms with Crippen LogP contribution in [0.3, 0.4) is 0 Å². The van der Waals surface area contributed by atoms with Crippen LogP contribution in [0, 0.1) is 0 Å². The third-order valence-corrected chi connectivity index (χ3v) is 4.31. The van der Waals surface area contributed by atoms with Crippen molar-refractivity contribution in [3.63, 3.8) is 0 Å². The average molecular weight is 284 g/mol. The van der Waals surface area contributed by atoms with Crippen LogP contribution in [0.5, 0.6) is 0 Å². The van der Waals surface area contributed by atoms with Gasteiger partial charge < -0.3 is 4.74 Å². The van der Waals surface area contributed by atoms with E-state index in [0.717, 1.165) is 12.8 Å². The molecule has 2 heterocycles. The normalized spacial score (nSPS) is 24.7. The molecule has 5 nitrogen and oxygen atoms in total. The zero-order valence-corrected chi connectivity index (χ0v) is 12.0. The molecule has 2 aliphatic heterocycles. The Morgan fingerprint density at radius 3 is 2.10 bits per heavy atom. The van der Waals surface area contributed by atoms with Crippen LogP contribution in [0.15, 0.2) is 29.3 Å². The highest BCUT2D eigenvalue weighted by molar-refractivity contribution is 6.24. The van der Waals surface area contributed by atoms with E-state index in [4.69, 9.17) is 4.74 Å². The fourth-order valence-corrected chi connectivity index (χ4v) is 3.05. The highest BCUT2D eigenvalue weighted by Crippen LogP contribution is 2.48. The lowest BCUT2D eigenvalue weighted by Crippen LogP contribution is -2.47. The lowest BCUT2D eigenvalue weighted by molar-refractivity contribution is 0.0593. The van der Waals surface area contributed by atoms with Gasteiger partial charge in [-0.25, -0.2) is 4.99 Å². The summed E-state index contributed by atoms with van der Waals surface area (Å²) in [6.45, 7) is 4.46. The minimum absolute atomic E-state index is 0.232. The SMILES string of the molecule is CC1(C)COC(C2(N3C(=O)c4ccccc4C3=O)CC2)=N1. The second kappa shape index (κ2) is 3.72. The lowest BCUT2D eigenvalue weighted by atomic mass is 10.1. The van der Waals surface area contributed by atoms with Gasteiger partial charge in [0.25, 0.3) is 11.8 Å². The van der Waals surface area contributed by atoms with Crippen molar-refractivity contribution in [2.45, 2.75) is 37.8 Å². The van der Waals surface area contributed by atoms with Gasteiger partial charge in [0.2, 0.25) is 5.90 Å². The van der Waals surface area contributed by atoms with E-state index in [1.807, 2.05) is 13.8 Å². The molecule has 5 heteroatoms.